The normalized spacial score (nSPS) is 13.9. The lowest BCUT2D eigenvalue weighted by Gasteiger charge is -2.29. The van der Waals surface area contributed by atoms with Crippen LogP contribution in [0.2, 0.25) is 5.02 Å². The third-order valence-electron chi connectivity index (χ3n) is 4.85. The number of aromatic nitrogens is 1. The van der Waals surface area contributed by atoms with Crippen molar-refractivity contribution in [3.05, 3.63) is 58.1 Å². The maximum atomic E-state index is 14.2. The van der Waals surface area contributed by atoms with Crippen LogP contribution in [0.5, 0.6) is 0 Å². The number of nitrogens with one attached hydrogen (secondary N) is 1. The summed E-state index contributed by atoms with van der Waals surface area (Å²) in [4.78, 5) is 5.40. The van der Waals surface area contributed by atoms with E-state index in [4.69, 9.17) is 16.7 Å². The Morgan fingerprint density at radius 3 is 2.39 bits per heavy atom. The summed E-state index contributed by atoms with van der Waals surface area (Å²) in [5, 5.41) is 31.0. The van der Waals surface area contributed by atoms with E-state index in [0.717, 1.165) is 24.3 Å². The van der Waals surface area contributed by atoms with Crippen molar-refractivity contribution in [1.82, 2.24) is 9.88 Å². The van der Waals surface area contributed by atoms with Gasteiger partial charge in [-0.05, 0) is 43.5 Å². The highest BCUT2D eigenvalue weighted by Crippen LogP contribution is 2.36. The lowest BCUT2D eigenvalue weighted by Crippen LogP contribution is -2.42. The summed E-state index contributed by atoms with van der Waals surface area (Å²) >= 11 is 5.69. The summed E-state index contributed by atoms with van der Waals surface area (Å²) < 4.78 is 65.4. The number of aliphatic hydroxyl groups is 3. The van der Waals surface area contributed by atoms with Gasteiger partial charge in [-0.15, -0.1) is 0 Å². The Hall–Kier alpha value is -2.05. The molecule has 0 aliphatic carbocycles. The van der Waals surface area contributed by atoms with Gasteiger partial charge in [0.05, 0.1) is 29.6 Å². The van der Waals surface area contributed by atoms with Crippen molar-refractivity contribution in [2.45, 2.75) is 37.9 Å². The molecule has 0 aliphatic rings. The number of pyridine rings is 1. The Kier molecular flexibility index (Phi) is 10.2. The number of aliphatic hydroxyl groups excluding tert-OH is 3. The van der Waals surface area contributed by atoms with Crippen LogP contribution in [0.3, 0.4) is 0 Å². The van der Waals surface area contributed by atoms with Crippen molar-refractivity contribution in [2.24, 2.45) is 0 Å². The van der Waals surface area contributed by atoms with Gasteiger partial charge in [0.1, 0.15) is 11.9 Å². The third kappa shape index (κ3) is 8.04. The fraction of sp³-hybridized carbons (Fsp3) is 0.476. The lowest BCUT2D eigenvalue weighted by molar-refractivity contribution is -0.137. The molecule has 0 amide bonds. The topological polar surface area (TPSA) is 88.9 Å². The Morgan fingerprint density at radius 1 is 1.12 bits per heavy atom. The first-order chi connectivity index (χ1) is 15.6. The van der Waals surface area contributed by atoms with Gasteiger partial charge in [0.2, 0.25) is 0 Å². The quantitative estimate of drug-likeness (QED) is 0.263. The number of hydrogen-bond acceptors (Lipinski definition) is 6. The van der Waals surface area contributed by atoms with E-state index < -0.39 is 48.3 Å². The predicted octanol–water partition coefficient (Wildman–Crippen LogP) is 3.90. The van der Waals surface area contributed by atoms with E-state index in [9.17, 15) is 32.2 Å². The summed E-state index contributed by atoms with van der Waals surface area (Å²) in [6.45, 7) is -0.875. The smallest absolute Gasteiger partial charge is 0.393 e. The number of rotatable bonds is 12. The fourth-order valence-corrected chi connectivity index (χ4v) is 3.38. The molecule has 0 saturated heterocycles. The molecular weight excluding hydrogens is 473 g/mol. The minimum atomic E-state index is -4.61. The third-order valence-corrected chi connectivity index (χ3v) is 5.16. The maximum absolute atomic E-state index is 14.2. The minimum Gasteiger partial charge on any atom is -0.393 e. The molecule has 4 N–H and O–H groups in total. The average molecular weight is 498 g/mol. The van der Waals surface area contributed by atoms with Crippen LogP contribution in [0.25, 0.3) is 0 Å². The second kappa shape index (κ2) is 12.4. The predicted molar refractivity (Wildman–Crippen MR) is 113 cm³/mol. The molecule has 6 nitrogen and oxygen atoms in total. The number of aryl methyl sites for hydroxylation is 1. The maximum Gasteiger partial charge on any atom is 0.417 e. The highest BCUT2D eigenvalue weighted by molar-refractivity contribution is 6.31. The van der Waals surface area contributed by atoms with Crippen LogP contribution in [-0.2, 0) is 12.6 Å². The zero-order valence-corrected chi connectivity index (χ0v) is 18.3. The summed E-state index contributed by atoms with van der Waals surface area (Å²) in [6, 6.07) is 4.01. The summed E-state index contributed by atoms with van der Waals surface area (Å²) in [6.07, 6.45) is -5.35. The molecule has 2 aromatic rings. The van der Waals surface area contributed by atoms with Crippen LogP contribution in [0.1, 0.15) is 35.8 Å². The number of benzene rings is 1. The Morgan fingerprint density at radius 2 is 1.82 bits per heavy atom. The van der Waals surface area contributed by atoms with Gasteiger partial charge in [0.25, 0.3) is 0 Å². The van der Waals surface area contributed by atoms with E-state index in [0.29, 0.717) is 6.42 Å². The molecule has 184 valence electrons. The summed E-state index contributed by atoms with van der Waals surface area (Å²) in [5.74, 6) is -0.659. The second-order valence-electron chi connectivity index (χ2n) is 7.29. The zero-order chi connectivity index (χ0) is 24.6. The van der Waals surface area contributed by atoms with Gasteiger partial charge in [-0.3, -0.25) is 14.3 Å². The van der Waals surface area contributed by atoms with Gasteiger partial charge in [-0.2, -0.15) is 13.2 Å². The van der Waals surface area contributed by atoms with Crippen molar-refractivity contribution in [3.63, 3.8) is 0 Å². The lowest BCUT2D eigenvalue weighted by atomic mass is 10.1. The molecule has 0 aliphatic heterocycles. The van der Waals surface area contributed by atoms with Crippen molar-refractivity contribution in [1.29, 1.82) is 0 Å². The molecule has 1 aromatic carbocycles. The monoisotopic (exact) mass is 497 g/mol. The average Bonchev–Trinajstić information content (AvgIpc) is 2.75. The van der Waals surface area contributed by atoms with Gasteiger partial charge < -0.3 is 20.6 Å². The van der Waals surface area contributed by atoms with Crippen molar-refractivity contribution < 1.29 is 37.3 Å². The highest BCUT2D eigenvalue weighted by atomic mass is 35.5. The van der Waals surface area contributed by atoms with Crippen LogP contribution in [-0.4, -0.2) is 57.9 Å². The number of hydrogen-bond donors (Lipinski definition) is 4. The molecule has 2 rings (SSSR count). The first kappa shape index (κ1) is 27.2. The van der Waals surface area contributed by atoms with Gasteiger partial charge in [-0.1, -0.05) is 11.6 Å². The van der Waals surface area contributed by atoms with Gasteiger partial charge in [0, 0.05) is 30.5 Å². The van der Waals surface area contributed by atoms with E-state index in [1.807, 2.05) is 0 Å². The molecule has 0 radical (unpaired) electrons. The molecule has 12 heteroatoms. The molecule has 1 aromatic heterocycles. The van der Waals surface area contributed by atoms with E-state index in [-0.39, 0.29) is 42.9 Å². The van der Waals surface area contributed by atoms with Crippen molar-refractivity contribution in [2.75, 3.05) is 31.7 Å². The van der Waals surface area contributed by atoms with Crippen LogP contribution < -0.4 is 5.32 Å². The van der Waals surface area contributed by atoms with Gasteiger partial charge in [-0.25, -0.2) is 4.39 Å². The number of alkyl halides is 4. The molecule has 2 atom stereocenters. The van der Waals surface area contributed by atoms with Crippen molar-refractivity contribution in [3.8, 4) is 0 Å². The first-order valence-electron chi connectivity index (χ1n) is 10.1. The molecule has 0 fully saturated rings. The van der Waals surface area contributed by atoms with Gasteiger partial charge in [0.15, 0.2) is 6.35 Å². The zero-order valence-electron chi connectivity index (χ0n) is 17.5. The molecular formula is C21H25ClF5N3O3. The fourth-order valence-electron chi connectivity index (χ4n) is 3.10. The molecule has 33 heavy (non-hydrogen) atoms. The number of nitrogens with zero attached hydrogens (tertiary/aromatic N) is 2. The van der Waals surface area contributed by atoms with E-state index >= 15 is 0 Å². The SMILES string of the molecule is OC[C@@H](O)c1cnc(CCCN(CCCF)C(O)Nc2ccc(C(F)(F)F)c(Cl)c2)c(F)c1. The first-order valence-corrected chi connectivity index (χ1v) is 10.5. The number of halogens is 6. The summed E-state index contributed by atoms with van der Waals surface area (Å²) in [5.41, 5.74) is -0.619. The van der Waals surface area contributed by atoms with Crippen LogP contribution in [0.4, 0.5) is 27.6 Å². The Bertz CT molecular complexity index is 904. The molecule has 0 spiro atoms. The van der Waals surface area contributed by atoms with Crippen LogP contribution >= 0.6 is 11.6 Å². The Balaban J connectivity index is 2.00. The highest BCUT2D eigenvalue weighted by Gasteiger charge is 2.33. The van der Waals surface area contributed by atoms with E-state index in [2.05, 4.69) is 10.3 Å². The second-order valence-corrected chi connectivity index (χ2v) is 7.70. The van der Waals surface area contributed by atoms with Crippen LogP contribution in [0.15, 0.2) is 30.5 Å². The Labute approximate surface area is 192 Å². The van der Waals surface area contributed by atoms with E-state index in [1.54, 1.807) is 0 Å². The molecule has 1 unspecified atom stereocenters. The van der Waals surface area contributed by atoms with Gasteiger partial charge >= 0.3 is 6.18 Å². The molecule has 0 saturated carbocycles. The van der Waals surface area contributed by atoms with Crippen molar-refractivity contribution >= 4 is 17.3 Å². The number of anilines is 1. The largest absolute Gasteiger partial charge is 0.417 e. The van der Waals surface area contributed by atoms with E-state index in [1.165, 1.54) is 11.1 Å². The minimum absolute atomic E-state index is 0.104. The standard InChI is InChI=1S/C21H25ClF5N3O3/c22-16-10-14(4-5-15(16)21(25,26)27)29-20(33)30(8-2-6-23)7-1-3-18-17(24)9-13(11-28-18)19(32)12-31/h4-5,9-11,19-20,29,31-33H,1-3,6-8,12H2/t19-,20?/m1/s1. The summed E-state index contributed by atoms with van der Waals surface area (Å²) in [7, 11) is 0. The molecule has 1 heterocycles. The molecule has 0 bridgehead atoms. The van der Waals surface area contributed by atoms with Crippen LogP contribution in [0, 0.1) is 5.82 Å².